The molecule has 0 aliphatic heterocycles. The summed E-state index contributed by atoms with van der Waals surface area (Å²) in [6.07, 6.45) is 7.15. The molecule has 148 valence electrons. The van der Waals surface area contributed by atoms with Crippen LogP contribution in [0.15, 0.2) is 34.7 Å². The van der Waals surface area contributed by atoms with E-state index in [-0.39, 0.29) is 11.4 Å². The summed E-state index contributed by atoms with van der Waals surface area (Å²) in [5.74, 6) is 1.53. The fourth-order valence-corrected chi connectivity index (χ4v) is 7.69. The van der Waals surface area contributed by atoms with Crippen LogP contribution in [0.5, 0.6) is 0 Å². The van der Waals surface area contributed by atoms with Crippen molar-refractivity contribution in [3.63, 3.8) is 0 Å². The number of amides is 1. The number of furan rings is 1. The number of carbonyl (C=O) groups excluding carboxylic acids is 1. The fraction of sp³-hybridized carbons (Fsp3) is 0.522. The van der Waals surface area contributed by atoms with Gasteiger partial charge in [-0.15, -0.1) is 0 Å². The van der Waals surface area contributed by atoms with Gasteiger partial charge in [0.25, 0.3) is 5.91 Å². The zero-order valence-corrected chi connectivity index (χ0v) is 17.8. The van der Waals surface area contributed by atoms with Gasteiger partial charge in [-0.05, 0) is 85.6 Å². The van der Waals surface area contributed by atoms with Crippen LogP contribution in [-0.2, 0) is 0 Å². The van der Waals surface area contributed by atoms with Crippen molar-refractivity contribution in [3.8, 4) is 11.3 Å². The Morgan fingerprint density at radius 2 is 1.75 bits per heavy atom. The Morgan fingerprint density at radius 1 is 1.04 bits per heavy atom. The lowest BCUT2D eigenvalue weighted by molar-refractivity contribution is -0.114. The van der Waals surface area contributed by atoms with Crippen molar-refractivity contribution in [2.45, 2.75) is 57.9 Å². The maximum Gasteiger partial charge on any atom is 0.287 e. The Labute approximate surface area is 175 Å². The molecular weight excluding hydrogens is 393 g/mol. The molecule has 28 heavy (non-hydrogen) atoms. The molecule has 2 atom stereocenters. The van der Waals surface area contributed by atoms with Gasteiger partial charge in [0, 0.05) is 16.1 Å². The molecule has 5 heteroatoms. The summed E-state index contributed by atoms with van der Waals surface area (Å²) in [4.78, 5) is 13.1. The predicted octanol–water partition coefficient (Wildman–Crippen LogP) is 6.73. The van der Waals surface area contributed by atoms with Gasteiger partial charge in [0.15, 0.2) is 5.76 Å². The van der Waals surface area contributed by atoms with Crippen molar-refractivity contribution in [1.82, 2.24) is 5.32 Å². The second-order valence-corrected chi connectivity index (χ2v) is 11.0. The lowest BCUT2D eigenvalue weighted by atomic mass is 9.43. The van der Waals surface area contributed by atoms with E-state index in [2.05, 4.69) is 19.2 Å². The van der Waals surface area contributed by atoms with Crippen LogP contribution in [0.25, 0.3) is 11.3 Å². The lowest BCUT2D eigenvalue weighted by Gasteiger charge is -2.65. The van der Waals surface area contributed by atoms with Crippen LogP contribution in [0.2, 0.25) is 10.0 Å². The van der Waals surface area contributed by atoms with E-state index in [9.17, 15) is 4.79 Å². The molecule has 3 nitrogen and oxygen atoms in total. The third kappa shape index (κ3) is 3.07. The maximum absolute atomic E-state index is 13.1. The maximum atomic E-state index is 13.1. The smallest absolute Gasteiger partial charge is 0.287 e. The average Bonchev–Trinajstić information content (AvgIpc) is 3.00. The van der Waals surface area contributed by atoms with Crippen molar-refractivity contribution in [3.05, 3.63) is 46.1 Å². The average molecular weight is 418 g/mol. The van der Waals surface area contributed by atoms with Gasteiger partial charge in [-0.3, -0.25) is 4.79 Å². The van der Waals surface area contributed by atoms with E-state index in [0.717, 1.165) is 30.7 Å². The molecule has 1 aromatic heterocycles. The highest BCUT2D eigenvalue weighted by atomic mass is 35.5. The number of halogens is 2. The van der Waals surface area contributed by atoms with Crippen molar-refractivity contribution < 1.29 is 9.21 Å². The predicted molar refractivity (Wildman–Crippen MR) is 112 cm³/mol. The largest absolute Gasteiger partial charge is 0.451 e. The normalized spacial score (nSPS) is 35.9. The first-order valence-electron chi connectivity index (χ1n) is 10.0. The molecule has 1 N–H and O–H groups in total. The topological polar surface area (TPSA) is 42.2 Å². The van der Waals surface area contributed by atoms with Gasteiger partial charge in [0.1, 0.15) is 5.76 Å². The highest BCUT2D eigenvalue weighted by molar-refractivity contribution is 6.36. The van der Waals surface area contributed by atoms with Crippen LogP contribution in [0.3, 0.4) is 0 Å². The number of hydrogen-bond donors (Lipinski definition) is 1. The van der Waals surface area contributed by atoms with Crippen LogP contribution >= 0.6 is 23.2 Å². The highest BCUT2D eigenvalue weighted by Crippen LogP contribution is 2.66. The van der Waals surface area contributed by atoms with E-state index in [1.54, 1.807) is 24.3 Å². The van der Waals surface area contributed by atoms with E-state index in [4.69, 9.17) is 27.6 Å². The van der Waals surface area contributed by atoms with E-state index in [1.165, 1.54) is 19.3 Å². The van der Waals surface area contributed by atoms with E-state index in [0.29, 0.717) is 32.4 Å². The minimum Gasteiger partial charge on any atom is -0.451 e. The van der Waals surface area contributed by atoms with E-state index >= 15 is 0 Å². The minimum absolute atomic E-state index is 0.0924. The lowest BCUT2D eigenvalue weighted by Crippen LogP contribution is -2.65. The quantitative estimate of drug-likeness (QED) is 0.600. The van der Waals surface area contributed by atoms with Gasteiger partial charge >= 0.3 is 0 Å². The van der Waals surface area contributed by atoms with E-state index in [1.807, 2.05) is 6.07 Å². The SMILES string of the molecule is C[C@@]12CC3CC(NC(=O)c4ccc(-c5ccc(Cl)cc5Cl)o4)(C1)C[C@@](C)(C3)C2. The first-order valence-corrected chi connectivity index (χ1v) is 10.8. The summed E-state index contributed by atoms with van der Waals surface area (Å²) in [7, 11) is 0. The third-order valence-corrected chi connectivity index (χ3v) is 7.58. The van der Waals surface area contributed by atoms with Crippen molar-refractivity contribution in [1.29, 1.82) is 0 Å². The number of nitrogens with one attached hydrogen (secondary N) is 1. The summed E-state index contributed by atoms with van der Waals surface area (Å²) >= 11 is 12.3. The Balaban J connectivity index is 1.39. The summed E-state index contributed by atoms with van der Waals surface area (Å²) in [5.41, 5.74) is 1.35. The van der Waals surface area contributed by atoms with Crippen molar-refractivity contribution in [2.24, 2.45) is 16.7 Å². The molecule has 1 aromatic carbocycles. The Bertz CT molecular complexity index is 947. The first-order chi connectivity index (χ1) is 13.2. The van der Waals surface area contributed by atoms with Gasteiger partial charge in [0.2, 0.25) is 0 Å². The first kappa shape index (κ1) is 18.6. The molecule has 0 radical (unpaired) electrons. The molecular formula is C23H25Cl2NO2. The molecule has 4 bridgehead atoms. The standard InChI is InChI=1S/C23H25Cl2NO2/c1-21-8-14-9-22(2,11-21)13-23(10-14,12-21)26-20(27)19-6-5-18(28-19)16-4-3-15(24)7-17(16)25/h3-7,14H,8-13H2,1-2H3,(H,26,27)/t14?,21-,22-,23?/m0/s1. The van der Waals surface area contributed by atoms with Crippen LogP contribution in [0, 0.1) is 16.7 Å². The van der Waals surface area contributed by atoms with Crippen LogP contribution in [0.1, 0.15) is 62.9 Å². The molecule has 1 heterocycles. The van der Waals surface area contributed by atoms with Crippen molar-refractivity contribution >= 4 is 29.1 Å². The second-order valence-electron chi connectivity index (χ2n) is 10.2. The zero-order valence-electron chi connectivity index (χ0n) is 16.3. The van der Waals surface area contributed by atoms with Gasteiger partial charge in [-0.2, -0.15) is 0 Å². The molecule has 6 rings (SSSR count). The Kier molecular flexibility index (Phi) is 4.00. The molecule has 0 unspecified atom stereocenters. The second kappa shape index (κ2) is 6.03. The molecule has 2 aromatic rings. The van der Waals surface area contributed by atoms with Crippen molar-refractivity contribution in [2.75, 3.05) is 0 Å². The van der Waals surface area contributed by atoms with Crippen LogP contribution < -0.4 is 5.32 Å². The monoisotopic (exact) mass is 417 g/mol. The minimum atomic E-state index is -0.120. The fourth-order valence-electron chi connectivity index (χ4n) is 7.18. The summed E-state index contributed by atoms with van der Waals surface area (Å²) in [5, 5.41) is 4.47. The molecule has 4 aliphatic rings. The van der Waals surface area contributed by atoms with Crippen LogP contribution in [0.4, 0.5) is 0 Å². The zero-order chi connectivity index (χ0) is 19.7. The third-order valence-electron chi connectivity index (χ3n) is 7.03. The highest BCUT2D eigenvalue weighted by Gasteiger charge is 2.60. The summed E-state index contributed by atoms with van der Waals surface area (Å²) in [6.45, 7) is 4.81. The molecule has 4 saturated carbocycles. The van der Waals surface area contributed by atoms with Gasteiger partial charge in [-0.1, -0.05) is 37.0 Å². The van der Waals surface area contributed by atoms with Gasteiger partial charge < -0.3 is 9.73 Å². The Morgan fingerprint density at radius 3 is 2.39 bits per heavy atom. The number of hydrogen-bond acceptors (Lipinski definition) is 2. The molecule has 0 spiro atoms. The molecule has 4 fully saturated rings. The number of carbonyl (C=O) groups is 1. The summed E-state index contributed by atoms with van der Waals surface area (Å²) in [6, 6.07) is 8.79. The molecule has 4 aliphatic carbocycles. The Hall–Kier alpha value is -1.45. The van der Waals surface area contributed by atoms with Gasteiger partial charge in [0.05, 0.1) is 5.02 Å². The summed E-state index contributed by atoms with van der Waals surface area (Å²) < 4.78 is 5.88. The number of benzene rings is 1. The molecule has 0 saturated heterocycles. The number of rotatable bonds is 3. The molecule has 1 amide bonds. The van der Waals surface area contributed by atoms with E-state index < -0.39 is 0 Å². The van der Waals surface area contributed by atoms with Gasteiger partial charge in [-0.25, -0.2) is 0 Å². The van der Waals surface area contributed by atoms with Crippen LogP contribution in [-0.4, -0.2) is 11.4 Å².